The number of nitrogens with zero attached hydrogens (tertiary/aromatic N) is 1. The van der Waals surface area contributed by atoms with Gasteiger partial charge in [0.05, 0.1) is 5.69 Å². The van der Waals surface area contributed by atoms with Crippen LogP contribution in [0.1, 0.15) is 21.6 Å². The van der Waals surface area contributed by atoms with Crippen LogP contribution in [0.2, 0.25) is 0 Å². The number of aromatic amines is 1. The summed E-state index contributed by atoms with van der Waals surface area (Å²) in [6, 6.07) is 12.6. The molecule has 2 aromatic carbocycles. The third-order valence-electron chi connectivity index (χ3n) is 3.67. The van der Waals surface area contributed by atoms with Gasteiger partial charge < -0.3 is 10.4 Å². The third-order valence-corrected chi connectivity index (χ3v) is 3.67. The van der Waals surface area contributed by atoms with Crippen LogP contribution in [0, 0.1) is 12.7 Å². The number of carbonyl (C=O) groups excluding carboxylic acids is 1. The average Bonchev–Trinajstić information content (AvgIpc) is 3.04. The molecule has 3 rings (SSSR count). The van der Waals surface area contributed by atoms with Crippen LogP contribution in [-0.2, 0) is 6.54 Å². The molecule has 0 aliphatic carbocycles. The van der Waals surface area contributed by atoms with Gasteiger partial charge in [-0.25, -0.2) is 4.39 Å². The molecule has 0 spiro atoms. The Hall–Kier alpha value is -3.15. The summed E-state index contributed by atoms with van der Waals surface area (Å²) < 4.78 is 12.9. The molecule has 0 radical (unpaired) electrons. The number of nitrogens with one attached hydrogen (secondary N) is 2. The Balaban J connectivity index is 1.70. The molecule has 3 N–H and O–H groups in total. The van der Waals surface area contributed by atoms with E-state index < -0.39 is 0 Å². The number of hydrogen-bond donors (Lipinski definition) is 3. The number of hydrogen-bond acceptors (Lipinski definition) is 3. The molecule has 0 saturated heterocycles. The maximum absolute atomic E-state index is 12.9. The molecule has 6 heteroatoms. The second-order valence-electron chi connectivity index (χ2n) is 5.48. The van der Waals surface area contributed by atoms with E-state index >= 15 is 0 Å². The Bertz CT molecular complexity index is 872. The molecule has 122 valence electrons. The first-order chi connectivity index (χ1) is 11.5. The van der Waals surface area contributed by atoms with Crippen molar-refractivity contribution in [1.82, 2.24) is 15.5 Å². The first-order valence-corrected chi connectivity index (χ1v) is 7.41. The van der Waals surface area contributed by atoms with Gasteiger partial charge in [0.2, 0.25) is 0 Å². The summed E-state index contributed by atoms with van der Waals surface area (Å²) in [7, 11) is 0. The minimum Gasteiger partial charge on any atom is -0.508 e. The van der Waals surface area contributed by atoms with Crippen molar-refractivity contribution in [2.24, 2.45) is 0 Å². The SMILES string of the molecule is Cc1cc(O)ccc1-c1cc(C(=O)NCc2ccc(F)cc2)[nH]n1. The molecule has 0 bridgehead atoms. The highest BCUT2D eigenvalue weighted by molar-refractivity contribution is 5.93. The van der Waals surface area contributed by atoms with Crippen LogP contribution in [-0.4, -0.2) is 21.2 Å². The normalized spacial score (nSPS) is 10.6. The lowest BCUT2D eigenvalue weighted by Crippen LogP contribution is -2.23. The van der Waals surface area contributed by atoms with E-state index in [0.29, 0.717) is 17.9 Å². The van der Waals surface area contributed by atoms with Crippen LogP contribution in [0.25, 0.3) is 11.3 Å². The van der Waals surface area contributed by atoms with Crippen molar-refractivity contribution in [2.75, 3.05) is 0 Å². The van der Waals surface area contributed by atoms with Crippen molar-refractivity contribution in [3.8, 4) is 17.0 Å². The Morgan fingerprint density at radius 1 is 1.21 bits per heavy atom. The molecule has 0 aliphatic heterocycles. The Morgan fingerprint density at radius 2 is 1.96 bits per heavy atom. The van der Waals surface area contributed by atoms with E-state index in [2.05, 4.69) is 15.5 Å². The van der Waals surface area contributed by atoms with Crippen LogP contribution in [0.4, 0.5) is 4.39 Å². The van der Waals surface area contributed by atoms with Gasteiger partial charge in [-0.15, -0.1) is 0 Å². The number of aryl methyl sites for hydroxylation is 1. The number of phenolic OH excluding ortho intramolecular Hbond substituents is 1. The maximum atomic E-state index is 12.9. The molecule has 0 saturated carbocycles. The van der Waals surface area contributed by atoms with Gasteiger partial charge in [-0.2, -0.15) is 5.10 Å². The van der Waals surface area contributed by atoms with Crippen molar-refractivity contribution >= 4 is 5.91 Å². The van der Waals surface area contributed by atoms with Crippen molar-refractivity contribution in [1.29, 1.82) is 0 Å². The summed E-state index contributed by atoms with van der Waals surface area (Å²) in [5, 5.41) is 19.1. The van der Waals surface area contributed by atoms with E-state index in [-0.39, 0.29) is 17.5 Å². The number of H-pyrrole nitrogens is 1. The predicted molar refractivity (Wildman–Crippen MR) is 88.0 cm³/mol. The first kappa shape index (κ1) is 15.7. The van der Waals surface area contributed by atoms with Gasteiger partial charge >= 0.3 is 0 Å². The molecule has 0 atom stereocenters. The summed E-state index contributed by atoms with van der Waals surface area (Å²) in [5.41, 5.74) is 3.46. The number of benzene rings is 2. The van der Waals surface area contributed by atoms with Gasteiger partial charge in [0.25, 0.3) is 5.91 Å². The summed E-state index contributed by atoms with van der Waals surface area (Å²) >= 11 is 0. The lowest BCUT2D eigenvalue weighted by Gasteiger charge is -2.03. The van der Waals surface area contributed by atoms with Gasteiger partial charge in [0.1, 0.15) is 17.3 Å². The molecule has 1 heterocycles. The van der Waals surface area contributed by atoms with Gasteiger partial charge in [0, 0.05) is 12.1 Å². The Labute approximate surface area is 138 Å². The fourth-order valence-corrected chi connectivity index (χ4v) is 2.39. The number of amides is 1. The van der Waals surface area contributed by atoms with Crippen LogP contribution < -0.4 is 5.32 Å². The second kappa shape index (κ2) is 6.54. The van der Waals surface area contributed by atoms with E-state index in [1.54, 1.807) is 36.4 Å². The molecular formula is C18H16FN3O2. The van der Waals surface area contributed by atoms with Crippen LogP contribution in [0.5, 0.6) is 5.75 Å². The number of aromatic hydroxyl groups is 1. The Morgan fingerprint density at radius 3 is 2.67 bits per heavy atom. The summed E-state index contributed by atoms with van der Waals surface area (Å²) in [6.07, 6.45) is 0. The number of halogens is 1. The second-order valence-corrected chi connectivity index (χ2v) is 5.48. The number of rotatable bonds is 4. The van der Waals surface area contributed by atoms with Gasteiger partial charge in [-0.3, -0.25) is 9.89 Å². The van der Waals surface area contributed by atoms with Crippen molar-refractivity contribution in [2.45, 2.75) is 13.5 Å². The third kappa shape index (κ3) is 3.43. The molecule has 5 nitrogen and oxygen atoms in total. The minimum absolute atomic E-state index is 0.184. The van der Waals surface area contributed by atoms with Crippen molar-refractivity contribution in [3.05, 3.63) is 71.2 Å². The van der Waals surface area contributed by atoms with Crippen LogP contribution in [0.15, 0.2) is 48.5 Å². The van der Waals surface area contributed by atoms with Gasteiger partial charge in [-0.1, -0.05) is 12.1 Å². The van der Waals surface area contributed by atoms with E-state index in [0.717, 1.165) is 16.7 Å². The quantitative estimate of drug-likeness (QED) is 0.689. The molecule has 24 heavy (non-hydrogen) atoms. The first-order valence-electron chi connectivity index (χ1n) is 7.41. The van der Waals surface area contributed by atoms with Gasteiger partial charge in [0.15, 0.2) is 0 Å². The number of phenols is 1. The summed E-state index contributed by atoms with van der Waals surface area (Å²) in [5.74, 6) is -0.425. The molecule has 1 amide bonds. The lowest BCUT2D eigenvalue weighted by molar-refractivity contribution is 0.0946. The smallest absolute Gasteiger partial charge is 0.269 e. The largest absolute Gasteiger partial charge is 0.508 e. The average molecular weight is 325 g/mol. The summed E-state index contributed by atoms with van der Waals surface area (Å²) in [6.45, 7) is 2.16. The van der Waals surface area contributed by atoms with E-state index in [1.807, 2.05) is 6.92 Å². The number of aromatic nitrogens is 2. The highest BCUT2D eigenvalue weighted by Gasteiger charge is 2.12. The van der Waals surface area contributed by atoms with E-state index in [1.165, 1.54) is 12.1 Å². The monoisotopic (exact) mass is 325 g/mol. The van der Waals surface area contributed by atoms with Crippen molar-refractivity contribution in [3.63, 3.8) is 0 Å². The fourth-order valence-electron chi connectivity index (χ4n) is 2.39. The van der Waals surface area contributed by atoms with E-state index in [9.17, 15) is 14.3 Å². The molecular weight excluding hydrogens is 309 g/mol. The standard InChI is InChI=1S/C18H16FN3O2/c1-11-8-14(23)6-7-15(11)16-9-17(22-21-16)18(24)20-10-12-2-4-13(19)5-3-12/h2-9,23H,10H2,1H3,(H,20,24)(H,21,22). The highest BCUT2D eigenvalue weighted by atomic mass is 19.1. The molecule has 0 aliphatic rings. The lowest BCUT2D eigenvalue weighted by atomic mass is 10.1. The zero-order valence-corrected chi connectivity index (χ0v) is 13.0. The van der Waals surface area contributed by atoms with Crippen LogP contribution >= 0.6 is 0 Å². The maximum Gasteiger partial charge on any atom is 0.269 e. The van der Waals surface area contributed by atoms with Crippen LogP contribution in [0.3, 0.4) is 0 Å². The zero-order valence-electron chi connectivity index (χ0n) is 13.0. The van der Waals surface area contributed by atoms with Crippen molar-refractivity contribution < 1.29 is 14.3 Å². The van der Waals surface area contributed by atoms with Gasteiger partial charge in [-0.05, 0) is 54.4 Å². The summed E-state index contributed by atoms with van der Waals surface area (Å²) in [4.78, 5) is 12.2. The molecule has 0 unspecified atom stereocenters. The molecule has 0 fully saturated rings. The molecule has 3 aromatic rings. The Kier molecular flexibility index (Phi) is 4.29. The predicted octanol–water partition coefficient (Wildman–Crippen LogP) is 3.16. The minimum atomic E-state index is -0.312. The topological polar surface area (TPSA) is 78.0 Å². The zero-order chi connectivity index (χ0) is 17.1. The fraction of sp³-hybridized carbons (Fsp3) is 0.111. The highest BCUT2D eigenvalue weighted by Crippen LogP contribution is 2.25. The molecule has 1 aromatic heterocycles. The number of carbonyl (C=O) groups is 1. The van der Waals surface area contributed by atoms with E-state index in [4.69, 9.17) is 0 Å².